The minimum atomic E-state index is -0.230. The summed E-state index contributed by atoms with van der Waals surface area (Å²) in [5, 5.41) is 13.5. The number of rotatable bonds is 10. The summed E-state index contributed by atoms with van der Waals surface area (Å²) in [7, 11) is 3.17. The zero-order valence-corrected chi connectivity index (χ0v) is 21.3. The van der Waals surface area contributed by atoms with Gasteiger partial charge in [0.05, 0.1) is 37.8 Å². The van der Waals surface area contributed by atoms with Crippen LogP contribution in [0.4, 0.5) is 5.82 Å². The average molecular weight is 512 g/mol. The van der Waals surface area contributed by atoms with Crippen LogP contribution in [-0.4, -0.2) is 44.7 Å². The Morgan fingerprint density at radius 1 is 1.00 bits per heavy atom. The fraction of sp³-hybridized carbons (Fsp3) is 0.214. The van der Waals surface area contributed by atoms with Gasteiger partial charge >= 0.3 is 0 Å². The van der Waals surface area contributed by atoms with E-state index in [1.54, 1.807) is 37.5 Å². The van der Waals surface area contributed by atoms with Gasteiger partial charge in [0.2, 0.25) is 0 Å². The van der Waals surface area contributed by atoms with Crippen LogP contribution < -0.4 is 15.8 Å². The van der Waals surface area contributed by atoms with Crippen LogP contribution in [0.25, 0.3) is 10.8 Å². The molecule has 0 spiro atoms. The molecule has 0 radical (unpaired) electrons. The molecule has 10 nitrogen and oxygen atoms in total. The van der Waals surface area contributed by atoms with Crippen molar-refractivity contribution < 1.29 is 14.3 Å². The van der Waals surface area contributed by atoms with E-state index in [0.717, 1.165) is 27.5 Å². The first-order valence-corrected chi connectivity index (χ1v) is 12.1. The lowest BCUT2D eigenvalue weighted by Crippen LogP contribution is -2.23. The smallest absolute Gasteiger partial charge is 0.255 e. The van der Waals surface area contributed by atoms with Crippen molar-refractivity contribution in [2.24, 2.45) is 0 Å². The monoisotopic (exact) mass is 511 g/mol. The molecule has 10 heteroatoms. The number of fused-ring (bicyclic) bond motifs is 1. The second-order valence-electron chi connectivity index (χ2n) is 8.92. The Hall–Kier alpha value is -4.70. The number of amides is 1. The number of methoxy groups -OCH3 is 2. The quantitative estimate of drug-likeness (QED) is 0.295. The van der Waals surface area contributed by atoms with Gasteiger partial charge in [-0.05, 0) is 46.3 Å². The van der Waals surface area contributed by atoms with Gasteiger partial charge in [-0.1, -0.05) is 24.3 Å². The molecule has 0 atom stereocenters. The highest BCUT2D eigenvalue weighted by Gasteiger charge is 2.17. The number of benzene rings is 2. The predicted octanol–water partition coefficient (Wildman–Crippen LogP) is 3.39. The number of aromatic nitrogens is 5. The highest BCUT2D eigenvalue weighted by molar-refractivity contribution is 5.97. The molecule has 5 rings (SSSR count). The van der Waals surface area contributed by atoms with Crippen LogP contribution in [-0.2, 0) is 31.0 Å². The summed E-state index contributed by atoms with van der Waals surface area (Å²) in [6.07, 6.45) is 7.11. The van der Waals surface area contributed by atoms with Crippen molar-refractivity contribution in [3.05, 3.63) is 101 Å². The molecule has 0 aliphatic rings. The third-order valence-corrected chi connectivity index (χ3v) is 6.22. The molecule has 2 aromatic carbocycles. The van der Waals surface area contributed by atoms with Gasteiger partial charge in [0.15, 0.2) is 0 Å². The zero-order valence-electron chi connectivity index (χ0n) is 21.3. The SMILES string of the molecule is COCc1nn(Cc2ccc(Cn3cccn3)cc2)cc1C(=O)NCc1cc(OC)c2c(N)nccc2c1. The molecular formula is C28H29N7O3. The van der Waals surface area contributed by atoms with E-state index in [0.29, 0.717) is 42.5 Å². The number of nitrogen functional groups attached to an aromatic ring is 1. The molecule has 1 amide bonds. The lowest BCUT2D eigenvalue weighted by atomic mass is 10.1. The number of hydrogen-bond donors (Lipinski definition) is 2. The first kappa shape index (κ1) is 25.0. The average Bonchev–Trinajstić information content (AvgIpc) is 3.58. The van der Waals surface area contributed by atoms with Crippen LogP contribution in [0.5, 0.6) is 5.75 Å². The van der Waals surface area contributed by atoms with E-state index >= 15 is 0 Å². The molecule has 3 N–H and O–H groups in total. The van der Waals surface area contributed by atoms with Crippen LogP contribution in [0, 0.1) is 0 Å². The summed E-state index contributed by atoms with van der Waals surface area (Å²) in [6, 6.07) is 15.9. The lowest BCUT2D eigenvalue weighted by Gasteiger charge is -2.11. The summed E-state index contributed by atoms with van der Waals surface area (Å²) < 4.78 is 14.5. The summed E-state index contributed by atoms with van der Waals surface area (Å²) in [4.78, 5) is 17.3. The number of carbonyl (C=O) groups is 1. The summed E-state index contributed by atoms with van der Waals surface area (Å²) in [6.45, 7) is 1.78. The molecule has 0 saturated heterocycles. The summed E-state index contributed by atoms with van der Waals surface area (Å²) in [5.74, 6) is 0.783. The molecule has 3 heterocycles. The maximum atomic E-state index is 13.2. The molecular weight excluding hydrogens is 482 g/mol. The lowest BCUT2D eigenvalue weighted by molar-refractivity contribution is 0.0946. The van der Waals surface area contributed by atoms with Gasteiger partial charge in [-0.3, -0.25) is 14.2 Å². The first-order chi connectivity index (χ1) is 18.5. The Balaban J connectivity index is 1.29. The number of pyridine rings is 1. The summed E-state index contributed by atoms with van der Waals surface area (Å²) >= 11 is 0. The Morgan fingerprint density at radius 2 is 1.76 bits per heavy atom. The van der Waals surface area contributed by atoms with E-state index in [2.05, 4.69) is 44.8 Å². The van der Waals surface area contributed by atoms with E-state index in [1.807, 2.05) is 35.1 Å². The van der Waals surface area contributed by atoms with E-state index in [1.165, 1.54) is 0 Å². The Labute approximate surface area is 220 Å². The number of hydrogen-bond acceptors (Lipinski definition) is 7. The fourth-order valence-corrected chi connectivity index (χ4v) is 4.40. The van der Waals surface area contributed by atoms with Crippen molar-refractivity contribution >= 4 is 22.5 Å². The van der Waals surface area contributed by atoms with Gasteiger partial charge in [0.25, 0.3) is 5.91 Å². The Kier molecular flexibility index (Phi) is 7.32. The van der Waals surface area contributed by atoms with E-state index in [-0.39, 0.29) is 12.5 Å². The number of nitrogens with zero attached hydrogens (tertiary/aromatic N) is 5. The second kappa shape index (κ2) is 11.1. The standard InChI is InChI=1S/C28H29N7O3/c1-37-18-24-23(17-35(33-24)16-20-6-4-19(5-7-20)15-34-11-3-9-32-34)28(36)31-14-21-12-22-8-10-30-27(29)26(22)25(13-21)38-2/h3-13,17H,14-16,18H2,1-2H3,(H2,29,30)(H,31,36). The normalized spacial score (nSPS) is 11.1. The number of nitrogens with two attached hydrogens (primary N) is 1. The number of ether oxygens (including phenoxy) is 2. The maximum Gasteiger partial charge on any atom is 0.255 e. The molecule has 0 aliphatic heterocycles. The van der Waals surface area contributed by atoms with Crippen molar-refractivity contribution in [3.8, 4) is 5.75 Å². The minimum Gasteiger partial charge on any atom is -0.496 e. The fourth-order valence-electron chi connectivity index (χ4n) is 4.40. The van der Waals surface area contributed by atoms with Crippen molar-refractivity contribution in [3.63, 3.8) is 0 Å². The van der Waals surface area contributed by atoms with Crippen LogP contribution in [0.15, 0.2) is 73.3 Å². The number of anilines is 1. The van der Waals surface area contributed by atoms with Crippen LogP contribution >= 0.6 is 0 Å². The molecule has 0 bridgehead atoms. The van der Waals surface area contributed by atoms with Gasteiger partial charge in [-0.25, -0.2) is 4.98 Å². The van der Waals surface area contributed by atoms with Gasteiger partial charge in [0.1, 0.15) is 17.3 Å². The van der Waals surface area contributed by atoms with E-state index in [4.69, 9.17) is 15.2 Å². The van der Waals surface area contributed by atoms with Crippen molar-refractivity contribution in [2.45, 2.75) is 26.2 Å². The molecule has 3 aromatic heterocycles. The van der Waals surface area contributed by atoms with Crippen molar-refractivity contribution in [1.29, 1.82) is 0 Å². The Morgan fingerprint density at radius 3 is 2.45 bits per heavy atom. The third-order valence-electron chi connectivity index (χ3n) is 6.22. The zero-order chi connectivity index (χ0) is 26.5. The van der Waals surface area contributed by atoms with Crippen LogP contribution in [0.1, 0.15) is 32.7 Å². The second-order valence-corrected chi connectivity index (χ2v) is 8.92. The number of nitrogens with one attached hydrogen (secondary N) is 1. The first-order valence-electron chi connectivity index (χ1n) is 12.1. The topological polar surface area (TPSA) is 122 Å². The van der Waals surface area contributed by atoms with Gasteiger partial charge < -0.3 is 20.5 Å². The van der Waals surface area contributed by atoms with Crippen molar-refractivity contribution in [2.75, 3.05) is 20.0 Å². The van der Waals surface area contributed by atoms with Crippen molar-refractivity contribution in [1.82, 2.24) is 29.9 Å². The molecule has 0 aliphatic carbocycles. The number of carbonyl (C=O) groups excluding carboxylic acids is 1. The molecule has 0 fully saturated rings. The van der Waals surface area contributed by atoms with Gasteiger partial charge in [0, 0.05) is 38.4 Å². The Bertz CT molecular complexity index is 1540. The van der Waals surface area contributed by atoms with Crippen LogP contribution in [0.2, 0.25) is 0 Å². The van der Waals surface area contributed by atoms with E-state index in [9.17, 15) is 4.79 Å². The van der Waals surface area contributed by atoms with Crippen LogP contribution in [0.3, 0.4) is 0 Å². The highest BCUT2D eigenvalue weighted by Crippen LogP contribution is 2.31. The van der Waals surface area contributed by atoms with E-state index < -0.39 is 0 Å². The molecule has 0 unspecified atom stereocenters. The van der Waals surface area contributed by atoms with Gasteiger partial charge in [-0.2, -0.15) is 10.2 Å². The maximum absolute atomic E-state index is 13.2. The minimum absolute atomic E-state index is 0.230. The highest BCUT2D eigenvalue weighted by atomic mass is 16.5. The largest absolute Gasteiger partial charge is 0.496 e. The predicted molar refractivity (Wildman–Crippen MR) is 144 cm³/mol. The molecule has 38 heavy (non-hydrogen) atoms. The third kappa shape index (κ3) is 5.50. The van der Waals surface area contributed by atoms with Gasteiger partial charge in [-0.15, -0.1) is 0 Å². The molecule has 194 valence electrons. The molecule has 0 saturated carbocycles. The molecule has 5 aromatic rings. The summed E-state index contributed by atoms with van der Waals surface area (Å²) in [5.41, 5.74) is 10.2.